The lowest BCUT2D eigenvalue weighted by molar-refractivity contribution is -0.133. The van der Waals surface area contributed by atoms with Gasteiger partial charge in [-0.05, 0) is 19.1 Å². The fourth-order valence-corrected chi connectivity index (χ4v) is 5.65. The van der Waals surface area contributed by atoms with E-state index < -0.39 is 16.1 Å². The molecule has 2 fully saturated rings. The van der Waals surface area contributed by atoms with Gasteiger partial charge in [0.1, 0.15) is 22.2 Å². The Bertz CT molecular complexity index is 1030. The van der Waals surface area contributed by atoms with Crippen LogP contribution in [0.5, 0.6) is 0 Å². The molecule has 1 amide bonds. The number of nitrogens with one attached hydrogen (secondary N) is 2. The van der Waals surface area contributed by atoms with Gasteiger partial charge in [-0.1, -0.05) is 6.07 Å². The van der Waals surface area contributed by atoms with Gasteiger partial charge in [0.25, 0.3) is 0 Å². The first-order valence-corrected chi connectivity index (χ1v) is 11.7. The second-order valence-corrected chi connectivity index (χ2v) is 9.90. The molecular weight excluding hydrogens is 420 g/mol. The molecule has 0 spiro atoms. The molecule has 0 saturated carbocycles. The van der Waals surface area contributed by atoms with E-state index in [0.29, 0.717) is 44.2 Å². The number of sulfonamides is 1. The Hall–Kier alpha value is -2.47. The SMILES string of the molecule is Cc1oc(C2NNCC2C(=O)N(C)C)cc1S(=O)(=O)N1CCN(c2ccccn2)CC1. The van der Waals surface area contributed by atoms with Crippen LogP contribution in [0.25, 0.3) is 0 Å². The molecule has 2 N–H and O–H groups in total. The first-order valence-electron chi connectivity index (χ1n) is 10.2. The van der Waals surface area contributed by atoms with Crippen LogP contribution in [0.3, 0.4) is 0 Å². The second kappa shape index (κ2) is 8.58. The highest BCUT2D eigenvalue weighted by atomic mass is 32.2. The molecule has 2 atom stereocenters. The fraction of sp³-hybridized carbons (Fsp3) is 0.500. The third-order valence-corrected chi connectivity index (χ3v) is 7.77. The summed E-state index contributed by atoms with van der Waals surface area (Å²) >= 11 is 0. The lowest BCUT2D eigenvalue weighted by Crippen LogP contribution is -2.48. The quantitative estimate of drug-likeness (QED) is 0.674. The summed E-state index contributed by atoms with van der Waals surface area (Å²) in [7, 11) is -0.312. The van der Waals surface area contributed by atoms with Crippen LogP contribution in [0.2, 0.25) is 0 Å². The van der Waals surface area contributed by atoms with E-state index in [2.05, 4.69) is 20.7 Å². The van der Waals surface area contributed by atoms with Crippen molar-refractivity contribution < 1.29 is 17.6 Å². The van der Waals surface area contributed by atoms with Gasteiger partial charge in [-0.15, -0.1) is 0 Å². The van der Waals surface area contributed by atoms with Gasteiger partial charge in [0, 0.05) is 59.1 Å². The first kappa shape index (κ1) is 21.8. The Morgan fingerprint density at radius 3 is 2.61 bits per heavy atom. The number of anilines is 1. The Morgan fingerprint density at radius 2 is 1.97 bits per heavy atom. The lowest BCUT2D eigenvalue weighted by atomic mass is 9.98. The van der Waals surface area contributed by atoms with Crippen molar-refractivity contribution in [1.82, 2.24) is 25.0 Å². The normalized spacial score (nSPS) is 22.6. The van der Waals surface area contributed by atoms with Crippen LogP contribution in [0, 0.1) is 12.8 Å². The molecule has 4 rings (SSSR count). The number of pyridine rings is 1. The molecule has 10 nitrogen and oxygen atoms in total. The minimum Gasteiger partial charge on any atom is -0.463 e. The average Bonchev–Trinajstić information content (AvgIpc) is 3.40. The van der Waals surface area contributed by atoms with Gasteiger partial charge in [0.05, 0.1) is 12.0 Å². The van der Waals surface area contributed by atoms with Crippen LogP contribution >= 0.6 is 0 Å². The number of nitrogens with zero attached hydrogens (tertiary/aromatic N) is 4. The minimum absolute atomic E-state index is 0.0494. The molecule has 0 bridgehead atoms. The van der Waals surface area contributed by atoms with E-state index >= 15 is 0 Å². The summed E-state index contributed by atoms with van der Waals surface area (Å²) in [6.07, 6.45) is 1.73. The highest BCUT2D eigenvalue weighted by Gasteiger charge is 2.39. The molecule has 2 saturated heterocycles. The van der Waals surface area contributed by atoms with Crippen molar-refractivity contribution in [3.05, 3.63) is 42.0 Å². The minimum atomic E-state index is -3.71. The second-order valence-electron chi connectivity index (χ2n) is 7.99. The summed E-state index contributed by atoms with van der Waals surface area (Å²) in [5.74, 6) is 1.18. The number of hydrazine groups is 1. The number of hydrogen-bond acceptors (Lipinski definition) is 8. The fourth-order valence-electron chi connectivity index (χ4n) is 4.06. The third-order valence-electron chi connectivity index (χ3n) is 5.77. The summed E-state index contributed by atoms with van der Waals surface area (Å²) in [5, 5.41) is 0. The molecule has 31 heavy (non-hydrogen) atoms. The van der Waals surface area contributed by atoms with Crippen LogP contribution in [-0.2, 0) is 14.8 Å². The predicted molar refractivity (Wildman–Crippen MR) is 115 cm³/mol. The summed E-state index contributed by atoms with van der Waals surface area (Å²) in [5.41, 5.74) is 6.02. The van der Waals surface area contributed by atoms with Crippen LogP contribution in [-0.4, -0.2) is 75.3 Å². The van der Waals surface area contributed by atoms with Gasteiger partial charge in [0.2, 0.25) is 15.9 Å². The summed E-state index contributed by atoms with van der Waals surface area (Å²) in [4.78, 5) is 20.6. The molecule has 2 aromatic heterocycles. The van der Waals surface area contributed by atoms with E-state index in [9.17, 15) is 13.2 Å². The Kier molecular flexibility index (Phi) is 6.02. The Balaban J connectivity index is 1.51. The zero-order valence-corrected chi connectivity index (χ0v) is 18.7. The number of piperazine rings is 1. The highest BCUT2D eigenvalue weighted by Crippen LogP contribution is 2.32. The monoisotopic (exact) mass is 448 g/mol. The topological polar surface area (TPSA) is 111 Å². The van der Waals surface area contributed by atoms with E-state index in [4.69, 9.17) is 4.42 Å². The number of furan rings is 1. The summed E-state index contributed by atoms with van der Waals surface area (Å²) in [6.45, 7) is 3.94. The smallest absolute Gasteiger partial charge is 0.246 e. The molecule has 2 aliphatic heterocycles. The largest absolute Gasteiger partial charge is 0.463 e. The van der Waals surface area contributed by atoms with Crippen LogP contribution in [0.15, 0.2) is 39.8 Å². The standard InChI is InChI=1S/C20H28N6O4S/c1-14-17(12-16(30-14)19-15(13-22-23-19)20(27)24(2)3)31(28,29)26-10-8-25(9-11-26)18-6-4-5-7-21-18/h4-7,12,15,19,22-23H,8-11,13H2,1-3H3. The molecule has 2 unspecified atom stereocenters. The number of carbonyl (C=O) groups excluding carboxylic acids is 1. The predicted octanol–water partition coefficient (Wildman–Crippen LogP) is 0.347. The first-order chi connectivity index (χ1) is 14.8. The van der Waals surface area contributed by atoms with Gasteiger partial charge in [-0.3, -0.25) is 10.2 Å². The lowest BCUT2D eigenvalue weighted by Gasteiger charge is -2.34. The zero-order valence-electron chi connectivity index (χ0n) is 17.9. The zero-order chi connectivity index (χ0) is 22.2. The number of aryl methyl sites for hydroxylation is 1. The maximum absolute atomic E-state index is 13.3. The third kappa shape index (κ3) is 4.18. The van der Waals surface area contributed by atoms with Crippen molar-refractivity contribution >= 4 is 21.7 Å². The van der Waals surface area contributed by atoms with Crippen molar-refractivity contribution in [2.75, 3.05) is 51.7 Å². The van der Waals surface area contributed by atoms with Crippen molar-refractivity contribution in [2.24, 2.45) is 5.92 Å². The van der Waals surface area contributed by atoms with E-state index in [-0.39, 0.29) is 16.7 Å². The molecule has 0 aliphatic carbocycles. The van der Waals surface area contributed by atoms with Crippen LogP contribution < -0.4 is 15.8 Å². The molecule has 4 heterocycles. The van der Waals surface area contributed by atoms with E-state index in [0.717, 1.165) is 5.82 Å². The molecular formula is C20H28N6O4S. The van der Waals surface area contributed by atoms with E-state index in [1.807, 2.05) is 18.2 Å². The highest BCUT2D eigenvalue weighted by molar-refractivity contribution is 7.89. The average molecular weight is 449 g/mol. The van der Waals surface area contributed by atoms with Gasteiger partial charge in [0.15, 0.2) is 0 Å². The maximum Gasteiger partial charge on any atom is 0.246 e. The van der Waals surface area contributed by atoms with Gasteiger partial charge in [-0.25, -0.2) is 18.8 Å². The Labute approximate surface area is 182 Å². The van der Waals surface area contributed by atoms with Crippen molar-refractivity contribution in [3.63, 3.8) is 0 Å². The van der Waals surface area contributed by atoms with E-state index in [1.54, 1.807) is 33.3 Å². The Morgan fingerprint density at radius 1 is 1.23 bits per heavy atom. The van der Waals surface area contributed by atoms with Crippen LogP contribution in [0.1, 0.15) is 17.6 Å². The molecule has 11 heteroatoms. The molecule has 0 aromatic carbocycles. The number of carbonyl (C=O) groups is 1. The van der Waals surface area contributed by atoms with Crippen molar-refractivity contribution in [1.29, 1.82) is 0 Å². The molecule has 168 valence electrons. The van der Waals surface area contributed by atoms with Crippen molar-refractivity contribution in [2.45, 2.75) is 17.9 Å². The number of aromatic nitrogens is 1. The summed E-state index contributed by atoms with van der Waals surface area (Å²) < 4.78 is 34.0. The number of rotatable bonds is 5. The van der Waals surface area contributed by atoms with Gasteiger partial charge >= 0.3 is 0 Å². The number of hydrogen-bond donors (Lipinski definition) is 2. The molecule has 2 aromatic rings. The molecule has 0 radical (unpaired) electrons. The van der Waals surface area contributed by atoms with Gasteiger partial charge in [-0.2, -0.15) is 4.31 Å². The molecule has 2 aliphatic rings. The van der Waals surface area contributed by atoms with Crippen molar-refractivity contribution in [3.8, 4) is 0 Å². The van der Waals surface area contributed by atoms with Crippen LogP contribution in [0.4, 0.5) is 5.82 Å². The maximum atomic E-state index is 13.3. The summed E-state index contributed by atoms with van der Waals surface area (Å²) in [6, 6.07) is 6.82. The van der Waals surface area contributed by atoms with E-state index in [1.165, 1.54) is 9.21 Å². The van der Waals surface area contributed by atoms with Gasteiger partial charge < -0.3 is 14.2 Å². The number of amides is 1.